The molecule has 200 valence electrons. The molecular formula is C31H32N4O4. The Morgan fingerprint density at radius 2 is 1.95 bits per heavy atom. The Kier molecular flexibility index (Phi) is 6.77. The highest BCUT2D eigenvalue weighted by Crippen LogP contribution is 2.35. The minimum Gasteiger partial charge on any atom is -0.494 e. The number of carboxylic acids is 1. The van der Waals surface area contributed by atoms with E-state index in [2.05, 4.69) is 22.4 Å². The molecule has 1 atom stereocenters. The van der Waals surface area contributed by atoms with Crippen LogP contribution in [-0.2, 0) is 24.3 Å². The summed E-state index contributed by atoms with van der Waals surface area (Å²) in [4.78, 5) is 27.3. The van der Waals surface area contributed by atoms with E-state index in [1.807, 2.05) is 59.0 Å². The Labute approximate surface area is 227 Å². The zero-order valence-electron chi connectivity index (χ0n) is 22.1. The number of carboxylic acid groups (broad SMARTS) is 1. The molecule has 1 N–H and O–H groups in total. The molecule has 0 fully saturated rings. The first-order chi connectivity index (χ1) is 19.0. The summed E-state index contributed by atoms with van der Waals surface area (Å²) >= 11 is 0. The number of aromatic nitrogens is 3. The number of aliphatic carboxylic acids is 1. The summed E-state index contributed by atoms with van der Waals surface area (Å²) in [5, 5.41) is 18.7. The zero-order chi connectivity index (χ0) is 26.9. The first kappa shape index (κ1) is 25.1. The van der Waals surface area contributed by atoms with Crippen LogP contribution in [0.5, 0.6) is 5.75 Å². The predicted molar refractivity (Wildman–Crippen MR) is 147 cm³/mol. The first-order valence-electron chi connectivity index (χ1n) is 13.7. The monoisotopic (exact) mass is 524 g/mol. The van der Waals surface area contributed by atoms with Crippen molar-refractivity contribution in [3.63, 3.8) is 0 Å². The first-order valence-corrected chi connectivity index (χ1v) is 13.7. The van der Waals surface area contributed by atoms with Gasteiger partial charge in [-0.15, -0.1) is 5.10 Å². The summed E-state index contributed by atoms with van der Waals surface area (Å²) in [5.41, 5.74) is 7.48. The Balaban J connectivity index is 1.43. The van der Waals surface area contributed by atoms with Crippen LogP contribution in [0.15, 0.2) is 54.6 Å². The van der Waals surface area contributed by atoms with E-state index in [0.717, 1.165) is 65.5 Å². The number of ether oxygens (including phenoxy) is 1. The predicted octanol–water partition coefficient (Wildman–Crippen LogP) is 5.11. The second-order valence-electron chi connectivity index (χ2n) is 10.6. The maximum Gasteiger partial charge on any atom is 0.304 e. The number of fused-ring (bicyclic) bond motifs is 6. The molecule has 0 aliphatic carbocycles. The normalized spacial score (nSPS) is 17.8. The molecular weight excluding hydrogens is 492 g/mol. The smallest absolute Gasteiger partial charge is 0.304 e. The fourth-order valence-electron chi connectivity index (χ4n) is 5.91. The van der Waals surface area contributed by atoms with Crippen LogP contribution in [0.25, 0.3) is 11.0 Å². The Morgan fingerprint density at radius 3 is 2.82 bits per heavy atom. The van der Waals surface area contributed by atoms with Crippen molar-refractivity contribution in [3.05, 3.63) is 88.0 Å². The lowest BCUT2D eigenvalue weighted by Crippen LogP contribution is -2.36. The fourth-order valence-corrected chi connectivity index (χ4v) is 5.91. The molecule has 0 saturated carbocycles. The minimum atomic E-state index is -0.856. The van der Waals surface area contributed by atoms with Gasteiger partial charge in [0.25, 0.3) is 5.91 Å². The lowest BCUT2D eigenvalue weighted by molar-refractivity contribution is -0.137. The van der Waals surface area contributed by atoms with Crippen molar-refractivity contribution in [2.75, 3.05) is 13.2 Å². The van der Waals surface area contributed by atoms with Gasteiger partial charge in [0.1, 0.15) is 11.3 Å². The number of amides is 1. The Bertz CT molecular complexity index is 1560. The molecule has 8 nitrogen and oxygen atoms in total. The second kappa shape index (κ2) is 10.5. The van der Waals surface area contributed by atoms with E-state index in [1.165, 1.54) is 5.56 Å². The average molecular weight is 525 g/mol. The standard InChI is InChI=1S/C31H32N4O4/c1-20-26-10-11-28-30(20)32-33-35(28)13-3-2-4-15-39-25-7-5-6-23(17-25)31(38)34-14-12-21-8-9-22(16-24(21)19-34)27(26)18-29(36)37/h5-11,16-17,27H,2-4,12-15,18-19H2,1H3,(H,36,37). The summed E-state index contributed by atoms with van der Waals surface area (Å²) in [6.45, 7) is 4.46. The SMILES string of the molecule is Cc1c2ccc3c1nnn3CCCCCOc1cccc(c1)C(=O)N1CCc3ccc(cc3C1)C2CC(=O)O. The van der Waals surface area contributed by atoms with Crippen molar-refractivity contribution in [2.24, 2.45) is 0 Å². The molecule has 1 amide bonds. The number of hydrogen-bond acceptors (Lipinski definition) is 5. The van der Waals surface area contributed by atoms with Crippen molar-refractivity contribution in [3.8, 4) is 5.75 Å². The van der Waals surface area contributed by atoms with Gasteiger partial charge >= 0.3 is 5.97 Å². The molecule has 1 unspecified atom stereocenters. The van der Waals surface area contributed by atoms with Crippen LogP contribution in [-0.4, -0.2) is 50.0 Å². The average Bonchev–Trinajstić information content (AvgIpc) is 3.36. The van der Waals surface area contributed by atoms with Crippen LogP contribution in [0.4, 0.5) is 0 Å². The zero-order valence-corrected chi connectivity index (χ0v) is 22.1. The van der Waals surface area contributed by atoms with E-state index >= 15 is 0 Å². The van der Waals surface area contributed by atoms with Gasteiger partial charge in [-0.25, -0.2) is 4.68 Å². The molecule has 39 heavy (non-hydrogen) atoms. The maximum absolute atomic E-state index is 13.5. The van der Waals surface area contributed by atoms with Gasteiger partial charge in [0.05, 0.1) is 18.5 Å². The van der Waals surface area contributed by atoms with Crippen LogP contribution in [0.1, 0.15) is 69.8 Å². The number of benzene rings is 3. The highest BCUT2D eigenvalue weighted by molar-refractivity contribution is 5.94. The van der Waals surface area contributed by atoms with Crippen molar-refractivity contribution < 1.29 is 19.4 Å². The van der Waals surface area contributed by atoms with Gasteiger partial charge in [-0.05, 0) is 84.7 Å². The van der Waals surface area contributed by atoms with Crippen LogP contribution >= 0.6 is 0 Å². The highest BCUT2D eigenvalue weighted by Gasteiger charge is 2.26. The summed E-state index contributed by atoms with van der Waals surface area (Å²) in [5.74, 6) is -0.508. The van der Waals surface area contributed by atoms with Crippen LogP contribution in [0.2, 0.25) is 0 Å². The van der Waals surface area contributed by atoms with Gasteiger partial charge in [-0.2, -0.15) is 0 Å². The van der Waals surface area contributed by atoms with Crippen molar-refractivity contribution >= 4 is 22.9 Å². The summed E-state index contributed by atoms with van der Waals surface area (Å²) < 4.78 is 7.91. The topological polar surface area (TPSA) is 97.5 Å². The number of carbonyl (C=O) groups is 2. The Morgan fingerprint density at radius 1 is 1.05 bits per heavy atom. The third kappa shape index (κ3) is 4.99. The second-order valence-corrected chi connectivity index (χ2v) is 10.6. The highest BCUT2D eigenvalue weighted by atomic mass is 16.5. The molecule has 9 bridgehead atoms. The molecule has 3 aliphatic heterocycles. The number of rotatable bonds is 2. The third-order valence-corrected chi connectivity index (χ3v) is 8.03. The van der Waals surface area contributed by atoms with Gasteiger partial charge < -0.3 is 14.7 Å². The van der Waals surface area contributed by atoms with Gasteiger partial charge in [0.15, 0.2) is 0 Å². The molecule has 3 aromatic carbocycles. The number of hydrogen-bond donors (Lipinski definition) is 1. The van der Waals surface area contributed by atoms with Crippen molar-refractivity contribution in [2.45, 2.75) is 58.0 Å². The van der Waals surface area contributed by atoms with E-state index in [0.29, 0.717) is 31.0 Å². The quantitative estimate of drug-likeness (QED) is 0.392. The van der Waals surface area contributed by atoms with Gasteiger partial charge in [0.2, 0.25) is 0 Å². The maximum atomic E-state index is 13.5. The van der Waals surface area contributed by atoms with E-state index < -0.39 is 5.97 Å². The molecule has 0 saturated heterocycles. The van der Waals surface area contributed by atoms with Crippen molar-refractivity contribution in [1.29, 1.82) is 0 Å². The van der Waals surface area contributed by atoms with Gasteiger partial charge in [-0.1, -0.05) is 35.5 Å². The van der Waals surface area contributed by atoms with Crippen LogP contribution in [0, 0.1) is 6.92 Å². The van der Waals surface area contributed by atoms with E-state index in [-0.39, 0.29) is 18.2 Å². The number of nitrogens with zero attached hydrogens (tertiary/aromatic N) is 4. The number of carbonyl (C=O) groups excluding carboxylic acids is 1. The minimum absolute atomic E-state index is 0.0202. The lowest BCUT2D eigenvalue weighted by atomic mass is 9.83. The molecule has 0 radical (unpaired) electrons. The molecule has 0 spiro atoms. The van der Waals surface area contributed by atoms with E-state index in [4.69, 9.17) is 4.74 Å². The molecule has 1 aromatic heterocycles. The largest absolute Gasteiger partial charge is 0.494 e. The summed E-state index contributed by atoms with van der Waals surface area (Å²) in [7, 11) is 0. The Hall–Kier alpha value is -4.20. The third-order valence-electron chi connectivity index (χ3n) is 8.03. The van der Waals surface area contributed by atoms with Crippen LogP contribution < -0.4 is 4.74 Å². The molecule has 4 heterocycles. The fraction of sp³-hybridized carbons (Fsp3) is 0.355. The number of aryl methyl sites for hydroxylation is 2. The molecule has 4 aromatic rings. The van der Waals surface area contributed by atoms with Gasteiger partial charge in [0, 0.05) is 31.1 Å². The van der Waals surface area contributed by atoms with E-state index in [1.54, 1.807) is 0 Å². The summed E-state index contributed by atoms with van der Waals surface area (Å²) in [6, 6.07) is 17.7. The lowest BCUT2D eigenvalue weighted by Gasteiger charge is -2.30. The van der Waals surface area contributed by atoms with Gasteiger partial charge in [-0.3, -0.25) is 9.59 Å². The summed E-state index contributed by atoms with van der Waals surface area (Å²) in [6.07, 6.45) is 3.54. The molecule has 7 rings (SSSR count). The van der Waals surface area contributed by atoms with Crippen molar-refractivity contribution in [1.82, 2.24) is 19.9 Å². The van der Waals surface area contributed by atoms with E-state index in [9.17, 15) is 14.7 Å². The molecule has 3 aliphatic rings. The molecule has 8 heteroatoms. The van der Waals surface area contributed by atoms with Crippen LogP contribution in [0.3, 0.4) is 0 Å².